The molecule has 1 unspecified atom stereocenters. The van der Waals surface area contributed by atoms with Crippen LogP contribution in [-0.2, 0) is 6.42 Å². The molecule has 3 heteroatoms. The molecule has 106 valence electrons. The molecule has 0 radical (unpaired) electrons. The van der Waals surface area contributed by atoms with Crippen molar-refractivity contribution in [2.24, 2.45) is 5.92 Å². The first-order valence-electron chi connectivity index (χ1n) is 7.36. The van der Waals surface area contributed by atoms with Crippen LogP contribution in [0.15, 0.2) is 22.7 Å². The molecule has 1 atom stereocenters. The highest BCUT2D eigenvalue weighted by Gasteiger charge is 2.20. The average molecular weight is 328 g/mol. The predicted octanol–water partition coefficient (Wildman–Crippen LogP) is 4.69. The fourth-order valence-corrected chi connectivity index (χ4v) is 3.46. The number of nitrogens with one attached hydrogen (secondary N) is 1. The second kappa shape index (κ2) is 7.39. The van der Waals surface area contributed by atoms with Crippen LogP contribution in [-0.4, -0.2) is 12.6 Å². The van der Waals surface area contributed by atoms with Gasteiger partial charge in [-0.2, -0.15) is 0 Å². The van der Waals surface area contributed by atoms with Gasteiger partial charge in [0, 0.05) is 10.5 Å². The zero-order valence-electron chi connectivity index (χ0n) is 11.6. The van der Waals surface area contributed by atoms with Gasteiger partial charge in [0.1, 0.15) is 5.82 Å². The minimum Gasteiger partial charge on any atom is -0.314 e. The van der Waals surface area contributed by atoms with Crippen LogP contribution in [0.5, 0.6) is 0 Å². The molecule has 0 amide bonds. The van der Waals surface area contributed by atoms with Crippen molar-refractivity contribution in [2.45, 2.75) is 51.5 Å². The molecule has 1 fully saturated rings. The third-order valence-electron chi connectivity index (χ3n) is 4.07. The molecule has 1 aliphatic rings. The summed E-state index contributed by atoms with van der Waals surface area (Å²) in [4.78, 5) is 0. The normalized spacial score (nSPS) is 17.8. The summed E-state index contributed by atoms with van der Waals surface area (Å²) in [7, 11) is 0. The maximum Gasteiger partial charge on any atom is 0.127 e. The van der Waals surface area contributed by atoms with E-state index in [1.165, 1.54) is 32.1 Å². The van der Waals surface area contributed by atoms with Gasteiger partial charge >= 0.3 is 0 Å². The van der Waals surface area contributed by atoms with Crippen molar-refractivity contribution in [3.8, 4) is 0 Å². The van der Waals surface area contributed by atoms with E-state index in [0.29, 0.717) is 6.04 Å². The van der Waals surface area contributed by atoms with Crippen molar-refractivity contribution in [2.75, 3.05) is 6.54 Å². The Labute approximate surface area is 124 Å². The maximum absolute atomic E-state index is 13.9. The molecule has 0 aromatic heterocycles. The van der Waals surface area contributed by atoms with E-state index in [9.17, 15) is 4.39 Å². The summed E-state index contributed by atoms with van der Waals surface area (Å²) in [6.45, 7) is 3.08. The van der Waals surface area contributed by atoms with Gasteiger partial charge in [0.25, 0.3) is 0 Å². The summed E-state index contributed by atoms with van der Waals surface area (Å²) >= 11 is 3.31. The Hall–Kier alpha value is -0.410. The first-order chi connectivity index (χ1) is 9.19. The Bertz CT molecular complexity index is 402. The first-order valence-corrected chi connectivity index (χ1v) is 8.15. The van der Waals surface area contributed by atoms with Gasteiger partial charge in [0.2, 0.25) is 0 Å². The SMILES string of the molecule is CCNC(Cc1ccc(Br)cc1F)CC1CCCC1. The van der Waals surface area contributed by atoms with Crippen molar-refractivity contribution in [1.29, 1.82) is 0 Å². The van der Waals surface area contributed by atoms with Gasteiger partial charge in [-0.1, -0.05) is 54.6 Å². The van der Waals surface area contributed by atoms with E-state index in [4.69, 9.17) is 0 Å². The Morgan fingerprint density at radius 1 is 1.37 bits per heavy atom. The molecule has 0 bridgehead atoms. The third kappa shape index (κ3) is 4.57. The fourth-order valence-electron chi connectivity index (χ4n) is 3.13. The van der Waals surface area contributed by atoms with E-state index < -0.39 is 0 Å². The standard InChI is InChI=1S/C16H23BrFN/c1-2-19-15(9-12-5-3-4-6-12)10-13-7-8-14(17)11-16(13)18/h7-8,11-12,15,19H,2-6,9-10H2,1H3. The van der Waals surface area contributed by atoms with Crippen LogP contribution in [0.1, 0.15) is 44.6 Å². The number of hydrogen-bond donors (Lipinski definition) is 1. The molecule has 0 spiro atoms. The van der Waals surface area contributed by atoms with E-state index in [1.807, 2.05) is 12.1 Å². The number of halogens is 2. The highest BCUT2D eigenvalue weighted by molar-refractivity contribution is 9.10. The highest BCUT2D eigenvalue weighted by atomic mass is 79.9. The van der Waals surface area contributed by atoms with Crippen molar-refractivity contribution in [1.82, 2.24) is 5.32 Å². The molecule has 0 saturated heterocycles. The summed E-state index contributed by atoms with van der Waals surface area (Å²) in [5, 5.41) is 3.52. The Morgan fingerprint density at radius 2 is 2.11 bits per heavy atom. The van der Waals surface area contributed by atoms with Crippen LogP contribution in [0.25, 0.3) is 0 Å². The molecule has 2 rings (SSSR count). The second-order valence-corrected chi connectivity index (χ2v) is 6.50. The van der Waals surface area contributed by atoms with E-state index >= 15 is 0 Å². The zero-order valence-corrected chi connectivity index (χ0v) is 13.2. The first kappa shape index (κ1) is 15.0. The molecule has 19 heavy (non-hydrogen) atoms. The van der Waals surface area contributed by atoms with Crippen LogP contribution in [0, 0.1) is 11.7 Å². The number of benzene rings is 1. The maximum atomic E-state index is 13.9. The lowest BCUT2D eigenvalue weighted by molar-refractivity contribution is 0.387. The quantitative estimate of drug-likeness (QED) is 0.799. The number of rotatable bonds is 6. The van der Waals surface area contributed by atoms with E-state index in [0.717, 1.165) is 28.9 Å². The van der Waals surface area contributed by atoms with Crippen molar-refractivity contribution < 1.29 is 4.39 Å². The average Bonchev–Trinajstić information content (AvgIpc) is 2.86. The molecule has 1 N–H and O–H groups in total. The molecule has 1 aliphatic carbocycles. The van der Waals surface area contributed by atoms with Crippen LogP contribution in [0.3, 0.4) is 0 Å². The van der Waals surface area contributed by atoms with E-state index in [2.05, 4.69) is 28.2 Å². The summed E-state index contributed by atoms with van der Waals surface area (Å²) in [6.07, 6.45) is 7.43. The van der Waals surface area contributed by atoms with Crippen molar-refractivity contribution >= 4 is 15.9 Å². The largest absolute Gasteiger partial charge is 0.314 e. The van der Waals surface area contributed by atoms with Gasteiger partial charge in [-0.05, 0) is 43.0 Å². The lowest BCUT2D eigenvalue weighted by Gasteiger charge is -2.21. The Morgan fingerprint density at radius 3 is 2.74 bits per heavy atom. The lowest BCUT2D eigenvalue weighted by Crippen LogP contribution is -2.33. The van der Waals surface area contributed by atoms with Crippen LogP contribution < -0.4 is 5.32 Å². The molecule has 0 heterocycles. The monoisotopic (exact) mass is 327 g/mol. The lowest BCUT2D eigenvalue weighted by atomic mass is 9.94. The summed E-state index contributed by atoms with van der Waals surface area (Å²) in [5.41, 5.74) is 0.826. The van der Waals surface area contributed by atoms with Gasteiger partial charge in [0.15, 0.2) is 0 Å². The molecule has 1 saturated carbocycles. The summed E-state index contributed by atoms with van der Waals surface area (Å²) in [6, 6.07) is 5.80. The van der Waals surface area contributed by atoms with Crippen LogP contribution >= 0.6 is 15.9 Å². The van der Waals surface area contributed by atoms with Gasteiger partial charge in [-0.25, -0.2) is 4.39 Å². The van der Waals surface area contributed by atoms with Gasteiger partial charge in [-0.15, -0.1) is 0 Å². The van der Waals surface area contributed by atoms with E-state index in [1.54, 1.807) is 6.07 Å². The molecule has 1 nitrogen and oxygen atoms in total. The molecular weight excluding hydrogens is 305 g/mol. The topological polar surface area (TPSA) is 12.0 Å². The van der Waals surface area contributed by atoms with Crippen molar-refractivity contribution in [3.05, 3.63) is 34.1 Å². The highest BCUT2D eigenvalue weighted by Crippen LogP contribution is 2.29. The third-order valence-corrected chi connectivity index (χ3v) is 4.56. The minimum absolute atomic E-state index is 0.0938. The molecule has 1 aromatic carbocycles. The number of likely N-dealkylation sites (N-methyl/N-ethyl adjacent to an activating group) is 1. The van der Waals surface area contributed by atoms with Gasteiger partial charge in [-0.3, -0.25) is 0 Å². The number of hydrogen-bond acceptors (Lipinski definition) is 1. The predicted molar refractivity (Wildman–Crippen MR) is 81.8 cm³/mol. The smallest absolute Gasteiger partial charge is 0.127 e. The van der Waals surface area contributed by atoms with Gasteiger partial charge < -0.3 is 5.32 Å². The Kier molecular flexibility index (Phi) is 5.83. The van der Waals surface area contributed by atoms with Crippen LogP contribution in [0.2, 0.25) is 0 Å². The Balaban J connectivity index is 1.98. The zero-order chi connectivity index (χ0) is 13.7. The second-order valence-electron chi connectivity index (χ2n) is 5.58. The van der Waals surface area contributed by atoms with E-state index in [-0.39, 0.29) is 5.82 Å². The fraction of sp³-hybridized carbons (Fsp3) is 0.625. The van der Waals surface area contributed by atoms with Crippen LogP contribution in [0.4, 0.5) is 4.39 Å². The summed E-state index contributed by atoms with van der Waals surface area (Å²) in [5.74, 6) is 0.742. The molecule has 0 aliphatic heterocycles. The van der Waals surface area contributed by atoms with Crippen molar-refractivity contribution in [3.63, 3.8) is 0 Å². The van der Waals surface area contributed by atoms with Gasteiger partial charge in [0.05, 0.1) is 0 Å². The minimum atomic E-state index is -0.0938. The molecule has 1 aromatic rings. The summed E-state index contributed by atoms with van der Waals surface area (Å²) < 4.78 is 14.7. The molecular formula is C16H23BrFN.